The maximum Gasteiger partial charge on any atom is 0.410 e. The molecule has 2 N–H and O–H groups in total. The summed E-state index contributed by atoms with van der Waals surface area (Å²) in [5, 5.41) is 2.96. The first-order chi connectivity index (χ1) is 18.3. The smallest absolute Gasteiger partial charge is 0.410 e. The topological polar surface area (TPSA) is 87.3 Å². The Balaban J connectivity index is 1.18. The van der Waals surface area contributed by atoms with Crippen LogP contribution in [0.15, 0.2) is 72.8 Å². The molecular weight excluding hydrogens is 476 g/mol. The highest BCUT2D eigenvalue weighted by atomic mass is 16.6. The highest BCUT2D eigenvalue weighted by Crippen LogP contribution is 2.26. The number of H-pyrrole nitrogens is 1. The molecule has 4 aromatic rings. The lowest BCUT2D eigenvalue weighted by Gasteiger charge is -2.23. The van der Waals surface area contributed by atoms with Crippen molar-refractivity contribution in [3.05, 3.63) is 95.3 Å². The fourth-order valence-electron chi connectivity index (χ4n) is 4.79. The maximum atomic E-state index is 13.0. The molecule has 1 unspecified atom stereocenters. The zero-order valence-electron chi connectivity index (χ0n) is 22.2. The number of rotatable bonds is 6. The number of hydrogen-bond donors (Lipinski definition) is 2. The molecule has 38 heavy (non-hydrogen) atoms. The summed E-state index contributed by atoms with van der Waals surface area (Å²) in [6, 6.07) is 23.1. The summed E-state index contributed by atoms with van der Waals surface area (Å²) < 4.78 is 5.46. The van der Waals surface area contributed by atoms with Gasteiger partial charge in [0.05, 0.1) is 11.0 Å². The van der Waals surface area contributed by atoms with Gasteiger partial charge in [-0.3, -0.25) is 9.69 Å². The molecule has 0 aliphatic carbocycles. The Kier molecular flexibility index (Phi) is 7.18. The molecule has 0 bridgehead atoms. The Morgan fingerprint density at radius 2 is 1.79 bits per heavy atom. The monoisotopic (exact) mass is 510 g/mol. The number of aromatic nitrogens is 2. The van der Waals surface area contributed by atoms with Gasteiger partial charge in [-0.1, -0.05) is 69.3 Å². The van der Waals surface area contributed by atoms with E-state index in [2.05, 4.69) is 49.3 Å². The van der Waals surface area contributed by atoms with Crippen LogP contribution in [0.5, 0.6) is 0 Å². The van der Waals surface area contributed by atoms with E-state index in [1.54, 1.807) is 0 Å². The van der Waals surface area contributed by atoms with E-state index in [1.807, 2.05) is 54.6 Å². The molecule has 1 fully saturated rings. The standard InChI is InChI=1S/C31H34N4O3/c1-31(2,3)23-13-16-25-26(19-23)34-28(33-25)18-21-11-14-24(15-12-21)32-29(36)27-10-7-17-35(27)30(37)38-20-22-8-5-4-6-9-22/h4-6,8-9,11-16,19,27H,7,10,17-18,20H2,1-3H3,(H,32,36)(H,33,34). The second-order valence-electron chi connectivity index (χ2n) is 10.9. The summed E-state index contributed by atoms with van der Waals surface area (Å²) in [5.41, 5.74) is 6.03. The van der Waals surface area contributed by atoms with Crippen molar-refractivity contribution in [2.45, 2.75) is 58.1 Å². The Bertz CT molecular complexity index is 1420. The van der Waals surface area contributed by atoms with Crippen LogP contribution in [0.1, 0.15) is 56.1 Å². The fraction of sp³-hybridized carbons (Fsp3) is 0.323. The third-order valence-electron chi connectivity index (χ3n) is 6.99. The number of nitrogens with zero attached hydrogens (tertiary/aromatic N) is 2. The van der Waals surface area contributed by atoms with Gasteiger partial charge in [-0.25, -0.2) is 9.78 Å². The molecule has 2 amide bonds. The maximum absolute atomic E-state index is 13.0. The zero-order valence-corrected chi connectivity index (χ0v) is 22.2. The quantitative estimate of drug-likeness (QED) is 0.324. The molecule has 5 rings (SSSR count). The summed E-state index contributed by atoms with van der Waals surface area (Å²) in [7, 11) is 0. The molecule has 0 saturated carbocycles. The third kappa shape index (κ3) is 5.88. The predicted molar refractivity (Wildman–Crippen MR) is 149 cm³/mol. The van der Waals surface area contributed by atoms with Crippen LogP contribution < -0.4 is 5.32 Å². The number of anilines is 1. The molecule has 196 valence electrons. The number of carbonyl (C=O) groups is 2. The van der Waals surface area contributed by atoms with Gasteiger partial charge in [0, 0.05) is 18.7 Å². The first-order valence-corrected chi connectivity index (χ1v) is 13.1. The van der Waals surface area contributed by atoms with E-state index in [0.29, 0.717) is 25.1 Å². The van der Waals surface area contributed by atoms with Crippen molar-refractivity contribution in [1.82, 2.24) is 14.9 Å². The molecule has 1 aliphatic rings. The minimum absolute atomic E-state index is 0.0750. The number of hydrogen-bond acceptors (Lipinski definition) is 4. The summed E-state index contributed by atoms with van der Waals surface area (Å²) >= 11 is 0. The molecule has 1 saturated heterocycles. The number of carbonyl (C=O) groups excluding carboxylic acids is 2. The minimum Gasteiger partial charge on any atom is -0.445 e. The lowest BCUT2D eigenvalue weighted by atomic mass is 9.87. The molecule has 7 heteroatoms. The number of ether oxygens (including phenoxy) is 1. The first-order valence-electron chi connectivity index (χ1n) is 13.1. The number of likely N-dealkylation sites (tertiary alicyclic amines) is 1. The van der Waals surface area contributed by atoms with Gasteiger partial charge in [-0.2, -0.15) is 0 Å². The van der Waals surface area contributed by atoms with E-state index in [4.69, 9.17) is 9.72 Å². The van der Waals surface area contributed by atoms with E-state index in [9.17, 15) is 9.59 Å². The molecule has 1 aromatic heterocycles. The van der Waals surface area contributed by atoms with E-state index in [1.165, 1.54) is 10.5 Å². The van der Waals surface area contributed by atoms with Crippen molar-refractivity contribution in [3.8, 4) is 0 Å². The van der Waals surface area contributed by atoms with Gasteiger partial charge in [-0.15, -0.1) is 0 Å². The third-order valence-corrected chi connectivity index (χ3v) is 6.99. The van der Waals surface area contributed by atoms with E-state index >= 15 is 0 Å². The Hall–Kier alpha value is -4.13. The molecular formula is C31H34N4O3. The van der Waals surface area contributed by atoms with Crippen LogP contribution in [-0.4, -0.2) is 39.5 Å². The molecule has 3 aromatic carbocycles. The summed E-state index contributed by atoms with van der Waals surface area (Å²) in [5.74, 6) is 0.706. The van der Waals surface area contributed by atoms with Crippen LogP contribution in [0.4, 0.5) is 10.5 Å². The van der Waals surface area contributed by atoms with Gasteiger partial charge in [-0.05, 0) is 59.2 Å². The van der Waals surface area contributed by atoms with E-state index in [-0.39, 0.29) is 17.9 Å². The van der Waals surface area contributed by atoms with Gasteiger partial charge in [0.2, 0.25) is 5.91 Å². The summed E-state index contributed by atoms with van der Waals surface area (Å²) in [4.78, 5) is 35.4. The molecule has 0 spiro atoms. The van der Waals surface area contributed by atoms with Crippen LogP contribution in [0.3, 0.4) is 0 Å². The SMILES string of the molecule is CC(C)(C)c1ccc2[nH]c(Cc3ccc(NC(=O)C4CCCN4C(=O)OCc4ccccc4)cc3)nc2c1. The molecule has 7 nitrogen and oxygen atoms in total. The van der Waals surface area contributed by atoms with Gasteiger partial charge < -0.3 is 15.0 Å². The number of nitrogens with one attached hydrogen (secondary N) is 2. The van der Waals surface area contributed by atoms with Gasteiger partial charge in [0.15, 0.2) is 0 Å². The van der Waals surface area contributed by atoms with Crippen molar-refractivity contribution in [2.24, 2.45) is 0 Å². The lowest BCUT2D eigenvalue weighted by Crippen LogP contribution is -2.43. The second-order valence-corrected chi connectivity index (χ2v) is 10.9. The molecule has 0 radical (unpaired) electrons. The number of imidazole rings is 1. The second kappa shape index (κ2) is 10.7. The van der Waals surface area contributed by atoms with Crippen molar-refractivity contribution >= 4 is 28.7 Å². The van der Waals surface area contributed by atoms with Crippen LogP contribution in [0.2, 0.25) is 0 Å². The van der Waals surface area contributed by atoms with Crippen molar-refractivity contribution < 1.29 is 14.3 Å². The number of aromatic amines is 1. The highest BCUT2D eigenvalue weighted by Gasteiger charge is 2.35. The number of amides is 2. The van der Waals surface area contributed by atoms with Crippen LogP contribution >= 0.6 is 0 Å². The average Bonchev–Trinajstić information content (AvgIpc) is 3.55. The molecule has 1 atom stereocenters. The van der Waals surface area contributed by atoms with E-state index in [0.717, 1.165) is 34.4 Å². The lowest BCUT2D eigenvalue weighted by molar-refractivity contribution is -0.120. The predicted octanol–water partition coefficient (Wildman–Crippen LogP) is 6.19. The highest BCUT2D eigenvalue weighted by molar-refractivity contribution is 5.96. The number of fused-ring (bicyclic) bond motifs is 1. The zero-order chi connectivity index (χ0) is 26.7. The summed E-state index contributed by atoms with van der Waals surface area (Å²) in [6.07, 6.45) is 1.60. The van der Waals surface area contributed by atoms with Gasteiger partial charge in [0.1, 0.15) is 18.5 Å². The normalized spacial score (nSPS) is 15.6. The Morgan fingerprint density at radius 1 is 1.03 bits per heavy atom. The Morgan fingerprint density at radius 3 is 2.53 bits per heavy atom. The molecule has 1 aliphatic heterocycles. The minimum atomic E-state index is -0.536. The largest absolute Gasteiger partial charge is 0.445 e. The van der Waals surface area contributed by atoms with Crippen LogP contribution in [-0.2, 0) is 28.0 Å². The van der Waals surface area contributed by atoms with Gasteiger partial charge >= 0.3 is 6.09 Å². The Labute approximate surface area is 223 Å². The van der Waals surface area contributed by atoms with Crippen molar-refractivity contribution in [3.63, 3.8) is 0 Å². The van der Waals surface area contributed by atoms with E-state index < -0.39 is 12.1 Å². The fourth-order valence-corrected chi connectivity index (χ4v) is 4.79. The van der Waals surface area contributed by atoms with Gasteiger partial charge in [0.25, 0.3) is 0 Å². The van der Waals surface area contributed by atoms with Crippen molar-refractivity contribution in [2.75, 3.05) is 11.9 Å². The van der Waals surface area contributed by atoms with Crippen LogP contribution in [0, 0.1) is 0 Å². The van der Waals surface area contributed by atoms with Crippen molar-refractivity contribution in [1.29, 1.82) is 0 Å². The average molecular weight is 511 g/mol. The summed E-state index contributed by atoms with van der Waals surface area (Å²) in [6.45, 7) is 7.30. The molecule has 2 heterocycles. The number of benzene rings is 3. The first kappa shape index (κ1) is 25.5. The van der Waals surface area contributed by atoms with Crippen LogP contribution in [0.25, 0.3) is 11.0 Å².